The number of nitrogens with zero attached hydrogens (tertiary/aromatic N) is 4. The second-order valence-corrected chi connectivity index (χ2v) is 6.48. The number of amidine groups is 1. The first-order valence-electron chi connectivity index (χ1n) is 6.49. The van der Waals surface area contributed by atoms with Crippen LogP contribution in [-0.4, -0.2) is 27.4 Å². The predicted molar refractivity (Wildman–Crippen MR) is 85.6 cm³/mol. The quantitative estimate of drug-likeness (QED) is 0.394. The molecule has 0 aliphatic carbocycles. The van der Waals surface area contributed by atoms with Crippen LogP contribution in [-0.2, 0) is 5.41 Å². The van der Waals surface area contributed by atoms with Crippen LogP contribution in [0.25, 0.3) is 0 Å². The van der Waals surface area contributed by atoms with E-state index >= 15 is 0 Å². The maximum Gasteiger partial charge on any atom is 0.209 e. The molecule has 0 aliphatic rings. The SMILES string of the molecule is CN(c1cccc(C(N)=NO)c1)c1nc(C(C)(C)C)ns1. The molecule has 0 fully saturated rings. The molecule has 0 radical (unpaired) electrons. The average Bonchev–Trinajstić information content (AvgIpc) is 2.95. The van der Waals surface area contributed by atoms with E-state index in [0.717, 1.165) is 16.6 Å². The second-order valence-electron chi connectivity index (χ2n) is 5.75. The predicted octanol–water partition coefficient (Wildman–Crippen LogP) is 2.70. The topological polar surface area (TPSA) is 87.6 Å². The van der Waals surface area contributed by atoms with Crippen molar-refractivity contribution >= 4 is 28.2 Å². The third kappa shape index (κ3) is 3.30. The fraction of sp³-hybridized carbons (Fsp3) is 0.357. The normalized spacial score (nSPS) is 12.5. The molecule has 0 amide bonds. The monoisotopic (exact) mass is 305 g/mol. The molecule has 21 heavy (non-hydrogen) atoms. The number of benzene rings is 1. The summed E-state index contributed by atoms with van der Waals surface area (Å²) in [5, 5.41) is 12.6. The fourth-order valence-corrected chi connectivity index (χ4v) is 2.54. The van der Waals surface area contributed by atoms with E-state index in [-0.39, 0.29) is 11.3 Å². The van der Waals surface area contributed by atoms with Gasteiger partial charge in [-0.15, -0.1) is 0 Å². The molecule has 112 valence electrons. The van der Waals surface area contributed by atoms with E-state index in [9.17, 15) is 0 Å². The highest BCUT2D eigenvalue weighted by molar-refractivity contribution is 7.09. The summed E-state index contributed by atoms with van der Waals surface area (Å²) in [6, 6.07) is 7.41. The Morgan fingerprint density at radius 2 is 2.10 bits per heavy atom. The third-order valence-corrected chi connectivity index (χ3v) is 3.80. The molecule has 0 saturated carbocycles. The maximum atomic E-state index is 8.76. The molecule has 0 aliphatic heterocycles. The van der Waals surface area contributed by atoms with E-state index < -0.39 is 0 Å². The number of rotatable bonds is 3. The lowest BCUT2D eigenvalue weighted by Crippen LogP contribution is -2.16. The number of hydrogen-bond acceptors (Lipinski definition) is 6. The van der Waals surface area contributed by atoms with Crippen LogP contribution in [0.5, 0.6) is 0 Å². The number of aromatic nitrogens is 2. The summed E-state index contributed by atoms with van der Waals surface area (Å²) < 4.78 is 4.41. The Morgan fingerprint density at radius 3 is 2.67 bits per heavy atom. The number of anilines is 2. The van der Waals surface area contributed by atoms with Gasteiger partial charge in [0.25, 0.3) is 0 Å². The molecule has 1 aromatic carbocycles. The highest BCUT2D eigenvalue weighted by Crippen LogP contribution is 2.29. The minimum Gasteiger partial charge on any atom is -0.409 e. The van der Waals surface area contributed by atoms with Gasteiger partial charge in [-0.05, 0) is 12.1 Å². The third-order valence-electron chi connectivity index (χ3n) is 3.01. The molecule has 2 aromatic rings. The highest BCUT2D eigenvalue weighted by Gasteiger charge is 2.21. The number of hydrogen-bond donors (Lipinski definition) is 2. The summed E-state index contributed by atoms with van der Waals surface area (Å²) in [7, 11) is 1.92. The molecule has 0 bridgehead atoms. The number of nitrogens with two attached hydrogens (primary N) is 1. The molecule has 3 N–H and O–H groups in total. The van der Waals surface area contributed by atoms with Crippen LogP contribution in [0.4, 0.5) is 10.8 Å². The van der Waals surface area contributed by atoms with Crippen molar-refractivity contribution in [2.45, 2.75) is 26.2 Å². The van der Waals surface area contributed by atoms with Crippen molar-refractivity contribution in [2.75, 3.05) is 11.9 Å². The molecule has 0 unspecified atom stereocenters. The van der Waals surface area contributed by atoms with Crippen molar-refractivity contribution < 1.29 is 5.21 Å². The van der Waals surface area contributed by atoms with E-state index in [0.29, 0.717) is 5.56 Å². The van der Waals surface area contributed by atoms with Gasteiger partial charge in [0.1, 0.15) is 5.82 Å². The highest BCUT2D eigenvalue weighted by atomic mass is 32.1. The Morgan fingerprint density at radius 1 is 1.38 bits per heavy atom. The van der Waals surface area contributed by atoms with E-state index in [4.69, 9.17) is 10.9 Å². The summed E-state index contributed by atoms with van der Waals surface area (Å²) in [5.74, 6) is 0.903. The van der Waals surface area contributed by atoms with E-state index in [1.54, 1.807) is 6.07 Å². The van der Waals surface area contributed by atoms with Crippen LogP contribution < -0.4 is 10.6 Å². The lowest BCUT2D eigenvalue weighted by Gasteiger charge is -2.17. The van der Waals surface area contributed by atoms with Gasteiger partial charge in [0.2, 0.25) is 5.13 Å². The van der Waals surface area contributed by atoms with Gasteiger partial charge in [-0.25, -0.2) is 4.98 Å². The zero-order valence-electron chi connectivity index (χ0n) is 12.5. The van der Waals surface area contributed by atoms with Crippen molar-refractivity contribution in [3.8, 4) is 0 Å². The molecular formula is C14H19N5OS. The van der Waals surface area contributed by atoms with Gasteiger partial charge in [0.15, 0.2) is 5.84 Å². The largest absolute Gasteiger partial charge is 0.409 e. The van der Waals surface area contributed by atoms with Gasteiger partial charge in [-0.1, -0.05) is 38.1 Å². The van der Waals surface area contributed by atoms with Crippen LogP contribution in [0.1, 0.15) is 32.2 Å². The average molecular weight is 305 g/mol. The molecule has 1 heterocycles. The van der Waals surface area contributed by atoms with Crippen LogP contribution in [0.2, 0.25) is 0 Å². The van der Waals surface area contributed by atoms with Gasteiger partial charge in [0, 0.05) is 35.2 Å². The molecule has 1 aromatic heterocycles. The molecule has 6 nitrogen and oxygen atoms in total. The van der Waals surface area contributed by atoms with Crippen molar-refractivity contribution in [3.05, 3.63) is 35.7 Å². The van der Waals surface area contributed by atoms with Gasteiger partial charge < -0.3 is 15.8 Å². The fourth-order valence-electron chi connectivity index (χ4n) is 1.70. The van der Waals surface area contributed by atoms with Crippen LogP contribution in [0, 0.1) is 0 Å². The van der Waals surface area contributed by atoms with Gasteiger partial charge >= 0.3 is 0 Å². The second kappa shape index (κ2) is 5.69. The molecular weight excluding hydrogens is 286 g/mol. The lowest BCUT2D eigenvalue weighted by molar-refractivity contribution is 0.318. The molecule has 0 saturated heterocycles. The summed E-state index contributed by atoms with van der Waals surface area (Å²) >= 11 is 1.35. The molecule has 2 rings (SSSR count). The zero-order chi connectivity index (χ0) is 15.6. The first kappa shape index (κ1) is 15.2. The Kier molecular flexibility index (Phi) is 4.13. The van der Waals surface area contributed by atoms with E-state index in [2.05, 4.69) is 35.3 Å². The molecule has 0 atom stereocenters. The van der Waals surface area contributed by atoms with E-state index in [1.165, 1.54) is 11.5 Å². The van der Waals surface area contributed by atoms with Crippen LogP contribution in [0.3, 0.4) is 0 Å². The van der Waals surface area contributed by atoms with Crippen molar-refractivity contribution in [3.63, 3.8) is 0 Å². The van der Waals surface area contributed by atoms with Crippen LogP contribution >= 0.6 is 11.5 Å². The zero-order valence-corrected chi connectivity index (χ0v) is 13.3. The van der Waals surface area contributed by atoms with Crippen molar-refractivity contribution in [1.29, 1.82) is 0 Å². The van der Waals surface area contributed by atoms with Gasteiger partial charge in [-0.2, -0.15) is 4.37 Å². The summed E-state index contributed by atoms with van der Waals surface area (Å²) in [5.41, 5.74) is 7.10. The minimum atomic E-state index is -0.0780. The molecule has 0 spiro atoms. The summed E-state index contributed by atoms with van der Waals surface area (Å²) in [4.78, 5) is 6.51. The lowest BCUT2D eigenvalue weighted by atomic mass is 9.96. The number of oxime groups is 1. The standard InChI is InChI=1S/C14H19N5OS/c1-14(2,3)12-16-13(21-18-12)19(4)10-7-5-6-9(8-10)11(15)17-20/h5-8,20H,1-4H3,(H2,15,17). The van der Waals surface area contributed by atoms with E-state index in [1.807, 2.05) is 30.1 Å². The van der Waals surface area contributed by atoms with Crippen molar-refractivity contribution in [2.24, 2.45) is 10.9 Å². The summed E-state index contributed by atoms with van der Waals surface area (Å²) in [6.45, 7) is 6.24. The minimum absolute atomic E-state index is 0.0780. The summed E-state index contributed by atoms with van der Waals surface area (Å²) in [6.07, 6.45) is 0. The Labute approximate surface area is 128 Å². The molecule has 7 heteroatoms. The Balaban J connectivity index is 2.32. The Bertz CT molecular complexity index is 659. The first-order chi connectivity index (χ1) is 9.82. The maximum absolute atomic E-state index is 8.76. The van der Waals surface area contributed by atoms with Crippen molar-refractivity contribution in [1.82, 2.24) is 9.36 Å². The first-order valence-corrected chi connectivity index (χ1v) is 7.26. The van der Waals surface area contributed by atoms with Crippen LogP contribution in [0.15, 0.2) is 29.4 Å². The Hall–Kier alpha value is -2.15. The van der Waals surface area contributed by atoms with Gasteiger partial charge in [0.05, 0.1) is 0 Å². The smallest absolute Gasteiger partial charge is 0.209 e. The van der Waals surface area contributed by atoms with Gasteiger partial charge in [-0.3, -0.25) is 0 Å².